The van der Waals surface area contributed by atoms with Gasteiger partial charge in [-0.05, 0) is 0 Å². The summed E-state index contributed by atoms with van der Waals surface area (Å²) in [4.78, 5) is 0. The van der Waals surface area contributed by atoms with Crippen molar-refractivity contribution in [2.75, 3.05) is 0 Å². The molecular formula is C7H6I2O. The molecule has 0 amide bonds. The molecule has 1 heterocycles. The third-order valence-electron chi connectivity index (χ3n) is 0.930. The van der Waals surface area contributed by atoms with E-state index in [0.29, 0.717) is 12.2 Å². The fraction of sp³-hybridized carbons (Fsp3) is 0.143. The maximum atomic E-state index is 9.10. The van der Waals surface area contributed by atoms with Crippen molar-refractivity contribution in [2.24, 2.45) is 0 Å². The standard InChI is InChI=1S/C7H6I2O/c8-6-1-2-7(10)3-4-9-5-6/h1-2,4,10H,3H2/b6-1+,7-2+. The van der Waals surface area contributed by atoms with E-state index in [1.807, 2.05) is 6.08 Å². The summed E-state index contributed by atoms with van der Waals surface area (Å²) >= 11 is 2.16. The second kappa shape index (κ2) is 4.31. The normalized spacial score (nSPS) is 27.7. The summed E-state index contributed by atoms with van der Waals surface area (Å²) in [6.07, 6.45) is 4.33. The molecule has 0 aromatic carbocycles. The zero-order valence-corrected chi connectivity index (χ0v) is 9.46. The number of rotatable bonds is 0. The van der Waals surface area contributed by atoms with Gasteiger partial charge in [-0.15, -0.1) is 0 Å². The van der Waals surface area contributed by atoms with E-state index < -0.39 is 0 Å². The number of halogens is 2. The number of aliphatic hydroxyl groups excluding tert-OH is 1. The van der Waals surface area contributed by atoms with Crippen molar-refractivity contribution >= 4 is 46.7 Å². The number of hydrogen-bond acceptors (Lipinski definition) is 1. The van der Waals surface area contributed by atoms with Gasteiger partial charge in [-0.3, -0.25) is 0 Å². The Kier molecular flexibility index (Phi) is 3.65. The Morgan fingerprint density at radius 2 is 2.40 bits per heavy atom. The van der Waals surface area contributed by atoms with Crippen molar-refractivity contribution in [3.63, 3.8) is 0 Å². The van der Waals surface area contributed by atoms with Crippen molar-refractivity contribution < 1.29 is 5.11 Å². The van der Waals surface area contributed by atoms with Crippen molar-refractivity contribution in [1.29, 1.82) is 0 Å². The Bertz CT molecular complexity index is 293. The van der Waals surface area contributed by atoms with E-state index in [4.69, 9.17) is 5.11 Å². The molecule has 0 saturated carbocycles. The van der Waals surface area contributed by atoms with Crippen LogP contribution in [0.15, 0.2) is 21.5 Å². The Morgan fingerprint density at radius 1 is 1.60 bits per heavy atom. The summed E-state index contributed by atoms with van der Waals surface area (Å²) in [6, 6.07) is 0. The number of allylic oxidation sites excluding steroid dienone is 4. The van der Waals surface area contributed by atoms with Crippen molar-refractivity contribution in [1.82, 2.24) is 0 Å². The molecule has 10 heavy (non-hydrogen) atoms. The van der Waals surface area contributed by atoms with Gasteiger partial charge in [-0.2, -0.15) is 0 Å². The van der Waals surface area contributed by atoms with E-state index in [0.717, 1.165) is 3.58 Å². The Labute approximate surface area is 82.8 Å². The zero-order chi connectivity index (χ0) is 7.40. The molecule has 3 heteroatoms. The fourth-order valence-corrected chi connectivity index (χ4v) is 2.82. The Hall–Kier alpha value is 0.390. The molecule has 1 rings (SSSR count). The summed E-state index contributed by atoms with van der Waals surface area (Å²) in [5.74, 6) is 0.454. The first-order valence-electron chi connectivity index (χ1n) is 2.74. The van der Waals surface area contributed by atoms with Gasteiger partial charge in [0.25, 0.3) is 0 Å². The van der Waals surface area contributed by atoms with Gasteiger partial charge >= 0.3 is 83.5 Å². The van der Waals surface area contributed by atoms with Crippen LogP contribution in [0, 0.1) is 3.81 Å². The Morgan fingerprint density at radius 3 is 3.20 bits per heavy atom. The molecule has 0 aromatic heterocycles. The average Bonchev–Trinajstić information content (AvgIpc) is 1.90. The molecule has 0 spiro atoms. The molecule has 0 fully saturated rings. The molecule has 0 aromatic rings. The van der Waals surface area contributed by atoms with Gasteiger partial charge in [0.05, 0.1) is 0 Å². The monoisotopic (exact) mass is 360 g/mol. The van der Waals surface area contributed by atoms with Crippen LogP contribution >= 0.6 is 42.6 Å². The van der Waals surface area contributed by atoms with Gasteiger partial charge in [0.1, 0.15) is 0 Å². The van der Waals surface area contributed by atoms with Crippen LogP contribution in [0.25, 0.3) is 0 Å². The first-order valence-corrected chi connectivity index (χ1v) is 6.15. The van der Waals surface area contributed by atoms with Crippen molar-refractivity contribution in [2.45, 2.75) is 6.42 Å². The quantitative estimate of drug-likeness (QED) is 0.659. The van der Waals surface area contributed by atoms with Gasteiger partial charge in [0.15, 0.2) is 0 Å². The first kappa shape index (κ1) is 8.49. The summed E-state index contributed by atoms with van der Waals surface area (Å²) < 4.78 is 6.46. The zero-order valence-electron chi connectivity index (χ0n) is 5.14. The molecule has 54 valence electrons. The third kappa shape index (κ3) is 2.98. The van der Waals surface area contributed by atoms with Crippen LogP contribution in [0.1, 0.15) is 6.42 Å². The number of aliphatic hydroxyl groups is 1. The van der Waals surface area contributed by atoms with Crippen LogP contribution in [-0.4, -0.2) is 9.12 Å². The van der Waals surface area contributed by atoms with Gasteiger partial charge < -0.3 is 0 Å². The molecule has 0 unspecified atom stereocenters. The molecule has 0 saturated heterocycles. The van der Waals surface area contributed by atoms with Crippen LogP contribution in [0.4, 0.5) is 0 Å². The van der Waals surface area contributed by atoms with E-state index in [2.05, 4.69) is 30.4 Å². The predicted molar refractivity (Wildman–Crippen MR) is 61.4 cm³/mol. The second-order valence-corrected chi connectivity index (χ2v) is 4.94. The van der Waals surface area contributed by atoms with E-state index in [1.165, 1.54) is 0 Å². The Balaban J connectivity index is 2.97. The van der Waals surface area contributed by atoms with E-state index in [9.17, 15) is 0 Å². The topological polar surface area (TPSA) is 20.2 Å². The van der Waals surface area contributed by atoms with Crippen LogP contribution in [0.3, 0.4) is 0 Å². The van der Waals surface area contributed by atoms with Crippen molar-refractivity contribution in [3.05, 3.63) is 21.5 Å². The second-order valence-electron chi connectivity index (χ2n) is 1.73. The van der Waals surface area contributed by atoms with Gasteiger partial charge in [-0.1, -0.05) is 0 Å². The average molecular weight is 360 g/mol. The summed E-state index contributed by atoms with van der Waals surface area (Å²) in [5.41, 5.74) is 0. The van der Waals surface area contributed by atoms with Crippen LogP contribution in [0.5, 0.6) is 0 Å². The minimum absolute atomic E-state index is 0.0494. The van der Waals surface area contributed by atoms with Crippen LogP contribution < -0.4 is 0 Å². The van der Waals surface area contributed by atoms with Gasteiger partial charge in [-0.25, -0.2) is 0 Å². The van der Waals surface area contributed by atoms with Crippen molar-refractivity contribution in [3.8, 4) is 3.81 Å². The molecule has 0 atom stereocenters. The molecular weight excluding hydrogens is 354 g/mol. The van der Waals surface area contributed by atoms with Crippen LogP contribution in [-0.2, 0) is 0 Å². The molecule has 1 N–H and O–H groups in total. The van der Waals surface area contributed by atoms with E-state index in [1.54, 1.807) is 6.08 Å². The van der Waals surface area contributed by atoms with E-state index in [-0.39, 0.29) is 20.1 Å². The molecule has 0 bridgehead atoms. The minimum atomic E-state index is -0.0494. The SMILES string of the molecule is O/C1=C/C=C(/I)C#I=CC1. The summed E-state index contributed by atoms with van der Waals surface area (Å²) in [7, 11) is 0. The molecule has 1 aliphatic rings. The van der Waals surface area contributed by atoms with Crippen LogP contribution in [0.2, 0.25) is 0 Å². The van der Waals surface area contributed by atoms with Gasteiger partial charge in [0.2, 0.25) is 0 Å². The maximum absolute atomic E-state index is 9.10. The third-order valence-corrected chi connectivity index (χ3v) is 4.36. The fourth-order valence-electron chi connectivity index (χ4n) is 0.477. The molecule has 0 aliphatic carbocycles. The molecule has 0 radical (unpaired) electrons. The summed E-state index contributed by atoms with van der Waals surface area (Å²) in [6.45, 7) is 0. The first-order chi connectivity index (χ1) is 4.79. The van der Waals surface area contributed by atoms with Gasteiger partial charge in [0, 0.05) is 0 Å². The van der Waals surface area contributed by atoms with E-state index >= 15 is 0 Å². The summed E-state index contributed by atoms with van der Waals surface area (Å²) in [5, 5.41) is 9.10. The molecule has 1 nitrogen and oxygen atoms in total. The number of hydrogen-bond donors (Lipinski definition) is 1. The predicted octanol–water partition coefficient (Wildman–Crippen LogP) is 2.88. The molecule has 1 aliphatic heterocycles.